The average molecular weight is 281 g/mol. The van der Waals surface area contributed by atoms with Crippen LogP contribution in [-0.2, 0) is 0 Å². The highest BCUT2D eigenvalue weighted by Crippen LogP contribution is 2.31. The molecule has 2 rings (SSSR count). The summed E-state index contributed by atoms with van der Waals surface area (Å²) in [7, 11) is 3.26. The molecule has 3 nitrogen and oxygen atoms in total. The molecule has 0 amide bonds. The number of terminal acetylenes is 1. The highest BCUT2D eigenvalue weighted by atomic mass is 16.5. The van der Waals surface area contributed by atoms with Crippen LogP contribution in [0.1, 0.15) is 24.1 Å². The van der Waals surface area contributed by atoms with E-state index >= 15 is 0 Å². The van der Waals surface area contributed by atoms with Crippen LogP contribution in [0.15, 0.2) is 42.5 Å². The molecule has 2 aromatic rings. The number of hydrogen-bond acceptors (Lipinski definition) is 3. The molecule has 0 spiro atoms. The molecule has 0 bridgehead atoms. The van der Waals surface area contributed by atoms with Crippen molar-refractivity contribution < 1.29 is 9.47 Å². The zero-order valence-electron chi connectivity index (χ0n) is 12.5. The number of methoxy groups -OCH3 is 2. The van der Waals surface area contributed by atoms with E-state index in [0.29, 0.717) is 0 Å². The summed E-state index contributed by atoms with van der Waals surface area (Å²) in [4.78, 5) is 0. The van der Waals surface area contributed by atoms with E-state index in [1.54, 1.807) is 14.2 Å². The first kappa shape index (κ1) is 14.8. The van der Waals surface area contributed by atoms with Crippen LogP contribution in [-0.4, -0.2) is 14.2 Å². The van der Waals surface area contributed by atoms with Crippen molar-refractivity contribution in [1.29, 1.82) is 0 Å². The quantitative estimate of drug-likeness (QED) is 0.844. The topological polar surface area (TPSA) is 30.5 Å². The van der Waals surface area contributed by atoms with Crippen molar-refractivity contribution in [2.45, 2.75) is 13.0 Å². The number of ether oxygens (including phenoxy) is 2. The van der Waals surface area contributed by atoms with Gasteiger partial charge in [0.15, 0.2) is 11.5 Å². The van der Waals surface area contributed by atoms with Gasteiger partial charge >= 0.3 is 0 Å². The smallest absolute Gasteiger partial charge is 0.161 e. The highest BCUT2D eigenvalue weighted by Gasteiger charge is 2.10. The lowest BCUT2D eigenvalue weighted by atomic mass is 10.1. The fourth-order valence-corrected chi connectivity index (χ4v) is 2.15. The van der Waals surface area contributed by atoms with Crippen molar-refractivity contribution in [3.05, 3.63) is 53.6 Å². The lowest BCUT2D eigenvalue weighted by Crippen LogP contribution is -2.07. The zero-order chi connectivity index (χ0) is 15.2. The molecule has 21 heavy (non-hydrogen) atoms. The van der Waals surface area contributed by atoms with Crippen molar-refractivity contribution in [1.82, 2.24) is 0 Å². The van der Waals surface area contributed by atoms with Crippen molar-refractivity contribution in [3.63, 3.8) is 0 Å². The van der Waals surface area contributed by atoms with Crippen LogP contribution in [0.4, 0.5) is 5.69 Å². The normalized spacial score (nSPS) is 11.3. The minimum absolute atomic E-state index is 0.123. The minimum Gasteiger partial charge on any atom is -0.493 e. The van der Waals surface area contributed by atoms with Gasteiger partial charge in [-0.3, -0.25) is 0 Å². The number of benzene rings is 2. The van der Waals surface area contributed by atoms with Crippen LogP contribution in [0.25, 0.3) is 0 Å². The second-order valence-electron chi connectivity index (χ2n) is 4.71. The summed E-state index contributed by atoms with van der Waals surface area (Å²) < 4.78 is 10.6. The van der Waals surface area contributed by atoms with E-state index in [9.17, 15) is 0 Å². The summed E-state index contributed by atoms with van der Waals surface area (Å²) >= 11 is 0. The molecule has 1 unspecified atom stereocenters. The van der Waals surface area contributed by atoms with Gasteiger partial charge in [0, 0.05) is 17.3 Å². The van der Waals surface area contributed by atoms with Gasteiger partial charge < -0.3 is 14.8 Å². The van der Waals surface area contributed by atoms with Crippen molar-refractivity contribution in [2.24, 2.45) is 0 Å². The van der Waals surface area contributed by atoms with E-state index < -0.39 is 0 Å². The molecule has 2 aromatic carbocycles. The van der Waals surface area contributed by atoms with Crippen LogP contribution < -0.4 is 14.8 Å². The second kappa shape index (κ2) is 6.71. The number of hydrogen-bond donors (Lipinski definition) is 1. The molecular weight excluding hydrogens is 262 g/mol. The predicted molar refractivity (Wildman–Crippen MR) is 86.0 cm³/mol. The van der Waals surface area contributed by atoms with Crippen LogP contribution in [0.2, 0.25) is 0 Å². The molecule has 0 aliphatic carbocycles. The second-order valence-corrected chi connectivity index (χ2v) is 4.71. The molecule has 0 fully saturated rings. The molecule has 1 N–H and O–H groups in total. The van der Waals surface area contributed by atoms with Gasteiger partial charge in [0.05, 0.1) is 14.2 Å². The predicted octanol–water partition coefficient (Wildman–Crippen LogP) is 3.86. The molecule has 0 aliphatic rings. The van der Waals surface area contributed by atoms with Gasteiger partial charge in [-0.25, -0.2) is 0 Å². The average Bonchev–Trinajstić information content (AvgIpc) is 2.54. The molecule has 1 atom stereocenters. The fourth-order valence-electron chi connectivity index (χ4n) is 2.15. The summed E-state index contributed by atoms with van der Waals surface area (Å²) in [5.41, 5.74) is 2.96. The largest absolute Gasteiger partial charge is 0.493 e. The summed E-state index contributed by atoms with van der Waals surface area (Å²) in [5.74, 6) is 4.09. The molecule has 0 saturated heterocycles. The third-order valence-electron chi connectivity index (χ3n) is 3.32. The fraction of sp³-hybridized carbons (Fsp3) is 0.222. The van der Waals surface area contributed by atoms with Crippen LogP contribution in [0.3, 0.4) is 0 Å². The highest BCUT2D eigenvalue weighted by molar-refractivity contribution is 5.52. The van der Waals surface area contributed by atoms with E-state index in [4.69, 9.17) is 15.9 Å². The molecule has 0 aliphatic heterocycles. The van der Waals surface area contributed by atoms with E-state index in [0.717, 1.165) is 28.3 Å². The Balaban J connectivity index is 2.20. The number of rotatable bonds is 5. The minimum atomic E-state index is 0.123. The van der Waals surface area contributed by atoms with Gasteiger partial charge in [-0.2, -0.15) is 0 Å². The van der Waals surface area contributed by atoms with E-state index in [-0.39, 0.29) is 6.04 Å². The third-order valence-corrected chi connectivity index (χ3v) is 3.32. The lowest BCUT2D eigenvalue weighted by Gasteiger charge is -2.17. The standard InChI is InChI=1S/C18H19NO2/c1-5-14-7-6-8-16(11-14)19-13(2)15-9-10-17(20-3)18(12-15)21-4/h1,6-13,19H,2-4H3. The Morgan fingerprint density at radius 3 is 2.48 bits per heavy atom. The van der Waals surface area contributed by atoms with E-state index in [2.05, 4.69) is 18.2 Å². The number of nitrogens with one attached hydrogen (secondary N) is 1. The van der Waals surface area contributed by atoms with Crippen molar-refractivity contribution in [2.75, 3.05) is 19.5 Å². The Bertz CT molecular complexity index is 659. The Kier molecular flexibility index (Phi) is 4.73. The summed E-state index contributed by atoms with van der Waals surface area (Å²) in [6.45, 7) is 2.09. The SMILES string of the molecule is C#Cc1cccc(NC(C)c2ccc(OC)c(OC)c2)c1. The van der Waals surface area contributed by atoms with Crippen LogP contribution in [0, 0.1) is 12.3 Å². The maximum atomic E-state index is 5.42. The maximum absolute atomic E-state index is 5.42. The molecular formula is C18H19NO2. The van der Waals surface area contributed by atoms with Crippen LogP contribution in [0.5, 0.6) is 11.5 Å². The van der Waals surface area contributed by atoms with Crippen molar-refractivity contribution in [3.8, 4) is 23.8 Å². The molecule has 3 heteroatoms. The van der Waals surface area contributed by atoms with Gasteiger partial charge in [-0.05, 0) is 42.8 Å². The van der Waals surface area contributed by atoms with Gasteiger partial charge in [-0.15, -0.1) is 6.42 Å². The third kappa shape index (κ3) is 3.49. The first-order valence-corrected chi connectivity index (χ1v) is 6.73. The Morgan fingerprint density at radius 1 is 1.05 bits per heavy atom. The maximum Gasteiger partial charge on any atom is 0.161 e. The summed E-state index contributed by atoms with van der Waals surface area (Å²) in [6.07, 6.45) is 5.42. The number of anilines is 1. The van der Waals surface area contributed by atoms with Gasteiger partial charge in [0.1, 0.15) is 0 Å². The van der Waals surface area contributed by atoms with Crippen LogP contribution >= 0.6 is 0 Å². The molecule has 0 saturated carbocycles. The first-order chi connectivity index (χ1) is 10.2. The molecule has 108 valence electrons. The van der Waals surface area contributed by atoms with Gasteiger partial charge in [0.25, 0.3) is 0 Å². The Labute approximate surface area is 125 Å². The zero-order valence-corrected chi connectivity index (χ0v) is 12.5. The molecule has 0 heterocycles. The van der Waals surface area contributed by atoms with Gasteiger partial charge in [-0.1, -0.05) is 18.1 Å². The van der Waals surface area contributed by atoms with Gasteiger partial charge in [0.2, 0.25) is 0 Å². The molecule has 0 radical (unpaired) electrons. The molecule has 0 aromatic heterocycles. The monoisotopic (exact) mass is 281 g/mol. The van der Waals surface area contributed by atoms with E-state index in [1.807, 2.05) is 42.5 Å². The van der Waals surface area contributed by atoms with E-state index in [1.165, 1.54) is 0 Å². The Morgan fingerprint density at radius 2 is 1.81 bits per heavy atom. The first-order valence-electron chi connectivity index (χ1n) is 6.73. The van der Waals surface area contributed by atoms with Crippen molar-refractivity contribution >= 4 is 5.69 Å². The summed E-state index contributed by atoms with van der Waals surface area (Å²) in [6, 6.07) is 13.8. The summed E-state index contributed by atoms with van der Waals surface area (Å²) in [5, 5.41) is 3.43. The Hall–Kier alpha value is -2.60. The lowest BCUT2D eigenvalue weighted by molar-refractivity contribution is 0.354.